The highest BCUT2D eigenvalue weighted by molar-refractivity contribution is 7.10. The largest absolute Gasteiger partial charge is 0.467 e. The molecule has 23 heavy (non-hydrogen) atoms. The first-order valence-electron chi connectivity index (χ1n) is 8.02. The number of hydrogen-bond donors (Lipinski definition) is 2. The van der Waals surface area contributed by atoms with Crippen LogP contribution < -0.4 is 10.6 Å². The van der Waals surface area contributed by atoms with Crippen molar-refractivity contribution in [3.8, 4) is 0 Å². The van der Waals surface area contributed by atoms with Crippen molar-refractivity contribution >= 4 is 17.4 Å². The Balaban J connectivity index is 1.52. The van der Waals surface area contributed by atoms with E-state index in [2.05, 4.69) is 40.1 Å². The Morgan fingerprint density at radius 2 is 2.30 bits per heavy atom. The molecule has 2 aromatic heterocycles. The molecule has 1 saturated heterocycles. The second kappa shape index (κ2) is 7.66. The lowest BCUT2D eigenvalue weighted by molar-refractivity contribution is 0.123. The summed E-state index contributed by atoms with van der Waals surface area (Å²) in [6.07, 6.45) is 3.93. The normalized spacial score (nSPS) is 22.0. The summed E-state index contributed by atoms with van der Waals surface area (Å²) >= 11 is 1.80. The molecule has 1 aliphatic heterocycles. The van der Waals surface area contributed by atoms with Gasteiger partial charge in [0.2, 0.25) is 0 Å². The Morgan fingerprint density at radius 3 is 3.04 bits per heavy atom. The van der Waals surface area contributed by atoms with Gasteiger partial charge in [-0.2, -0.15) is 0 Å². The first-order chi connectivity index (χ1) is 11.2. The van der Waals surface area contributed by atoms with E-state index in [0.717, 1.165) is 18.7 Å². The lowest BCUT2D eigenvalue weighted by atomic mass is 9.88. The number of furan rings is 1. The zero-order valence-electron chi connectivity index (χ0n) is 13.3. The molecular formula is C17H23N3O2S. The number of carbonyl (C=O) groups is 1. The minimum absolute atomic E-state index is 0.139. The van der Waals surface area contributed by atoms with Crippen LogP contribution in [0, 0.1) is 5.92 Å². The van der Waals surface area contributed by atoms with Crippen molar-refractivity contribution < 1.29 is 9.21 Å². The molecule has 0 aliphatic carbocycles. The van der Waals surface area contributed by atoms with Crippen LogP contribution in [0.3, 0.4) is 0 Å². The van der Waals surface area contributed by atoms with Gasteiger partial charge in [0.05, 0.1) is 12.8 Å². The highest BCUT2D eigenvalue weighted by Gasteiger charge is 2.31. The van der Waals surface area contributed by atoms with Crippen molar-refractivity contribution in [2.24, 2.45) is 5.92 Å². The first-order valence-corrected chi connectivity index (χ1v) is 8.89. The number of nitrogens with one attached hydrogen (secondary N) is 2. The number of urea groups is 1. The number of rotatable bonds is 5. The van der Waals surface area contributed by atoms with Gasteiger partial charge in [0.15, 0.2) is 0 Å². The van der Waals surface area contributed by atoms with Gasteiger partial charge in [-0.25, -0.2) is 4.79 Å². The molecule has 1 fully saturated rings. The third-order valence-corrected chi connectivity index (χ3v) is 5.31. The van der Waals surface area contributed by atoms with Gasteiger partial charge < -0.3 is 15.1 Å². The topological polar surface area (TPSA) is 57.5 Å². The number of thiophene rings is 1. The average molecular weight is 333 g/mol. The standard InChI is InChI=1S/C17H23N3O2S/c1-20-8-2-5-13(16(20)15-7-4-10-23-15)11-18-17(21)19-12-14-6-3-9-22-14/h3-4,6-7,9-10,13,16H,2,5,8,11-12H2,1H3,(H2,18,19,21)/t13-,16-/m0/s1. The van der Waals surface area contributed by atoms with Gasteiger partial charge in [0, 0.05) is 17.5 Å². The molecule has 0 spiro atoms. The molecule has 0 saturated carbocycles. The molecule has 5 nitrogen and oxygen atoms in total. The third kappa shape index (κ3) is 4.14. The van der Waals surface area contributed by atoms with Gasteiger partial charge >= 0.3 is 6.03 Å². The van der Waals surface area contributed by atoms with Crippen molar-refractivity contribution in [3.63, 3.8) is 0 Å². The lowest BCUT2D eigenvalue weighted by Crippen LogP contribution is -2.44. The summed E-state index contributed by atoms with van der Waals surface area (Å²) in [6, 6.07) is 8.22. The summed E-state index contributed by atoms with van der Waals surface area (Å²) in [5, 5.41) is 7.97. The zero-order chi connectivity index (χ0) is 16.1. The molecule has 0 radical (unpaired) electrons. The summed E-state index contributed by atoms with van der Waals surface area (Å²) < 4.78 is 5.21. The van der Waals surface area contributed by atoms with Crippen molar-refractivity contribution in [2.75, 3.05) is 20.1 Å². The predicted molar refractivity (Wildman–Crippen MR) is 91.4 cm³/mol. The van der Waals surface area contributed by atoms with Crippen LogP contribution in [0.25, 0.3) is 0 Å². The van der Waals surface area contributed by atoms with Gasteiger partial charge in [-0.1, -0.05) is 6.07 Å². The molecular weight excluding hydrogens is 310 g/mol. The predicted octanol–water partition coefficient (Wildman–Crippen LogP) is 3.22. The van der Waals surface area contributed by atoms with E-state index in [1.54, 1.807) is 17.6 Å². The summed E-state index contributed by atoms with van der Waals surface area (Å²) in [5.41, 5.74) is 0. The Kier molecular flexibility index (Phi) is 5.35. The van der Waals surface area contributed by atoms with Crippen LogP contribution in [0.5, 0.6) is 0 Å². The van der Waals surface area contributed by atoms with Crippen LogP contribution in [-0.4, -0.2) is 31.1 Å². The van der Waals surface area contributed by atoms with Crippen LogP contribution in [0.1, 0.15) is 29.5 Å². The second-order valence-corrected chi connectivity index (χ2v) is 6.97. The molecule has 0 unspecified atom stereocenters. The molecule has 3 rings (SSSR count). The third-order valence-electron chi connectivity index (χ3n) is 4.37. The molecule has 2 amide bonds. The van der Waals surface area contributed by atoms with E-state index in [-0.39, 0.29) is 6.03 Å². The molecule has 0 aromatic carbocycles. The Labute approximate surface area is 140 Å². The van der Waals surface area contributed by atoms with E-state index in [1.807, 2.05) is 12.1 Å². The van der Waals surface area contributed by atoms with E-state index in [9.17, 15) is 4.79 Å². The number of carbonyl (C=O) groups excluding carboxylic acids is 1. The van der Waals surface area contributed by atoms with Gasteiger partial charge in [-0.05, 0) is 55.9 Å². The molecule has 3 heterocycles. The number of hydrogen-bond acceptors (Lipinski definition) is 4. The monoisotopic (exact) mass is 333 g/mol. The van der Waals surface area contributed by atoms with E-state index in [0.29, 0.717) is 25.0 Å². The van der Waals surface area contributed by atoms with E-state index in [4.69, 9.17) is 4.42 Å². The maximum atomic E-state index is 12.0. The molecule has 1 aliphatic rings. The highest BCUT2D eigenvalue weighted by Crippen LogP contribution is 2.36. The molecule has 2 aromatic rings. The number of likely N-dealkylation sites (tertiary alicyclic amines) is 1. The van der Waals surface area contributed by atoms with E-state index in [1.165, 1.54) is 11.3 Å². The van der Waals surface area contributed by atoms with Crippen LogP contribution in [0.2, 0.25) is 0 Å². The first kappa shape index (κ1) is 16.1. The maximum Gasteiger partial charge on any atom is 0.315 e. The van der Waals surface area contributed by atoms with Crippen LogP contribution in [0.4, 0.5) is 4.79 Å². The number of amides is 2. The zero-order valence-corrected chi connectivity index (χ0v) is 14.1. The van der Waals surface area contributed by atoms with Gasteiger partial charge in [0.25, 0.3) is 0 Å². The quantitative estimate of drug-likeness (QED) is 0.883. The summed E-state index contributed by atoms with van der Waals surface area (Å²) in [7, 11) is 2.17. The number of nitrogens with zero attached hydrogens (tertiary/aromatic N) is 1. The fourth-order valence-corrected chi connectivity index (χ4v) is 4.23. The maximum absolute atomic E-state index is 12.0. The molecule has 124 valence electrons. The summed E-state index contributed by atoms with van der Waals surface area (Å²) in [6.45, 7) is 2.22. The van der Waals surface area contributed by atoms with Crippen molar-refractivity contribution in [2.45, 2.75) is 25.4 Å². The summed E-state index contributed by atoms with van der Waals surface area (Å²) in [4.78, 5) is 15.8. The highest BCUT2D eigenvalue weighted by atomic mass is 32.1. The Hall–Kier alpha value is -1.79. The molecule has 2 atom stereocenters. The van der Waals surface area contributed by atoms with E-state index >= 15 is 0 Å². The summed E-state index contributed by atoms with van der Waals surface area (Å²) in [5.74, 6) is 1.20. The average Bonchev–Trinajstić information content (AvgIpc) is 3.24. The van der Waals surface area contributed by atoms with Crippen molar-refractivity contribution in [1.82, 2.24) is 15.5 Å². The van der Waals surface area contributed by atoms with Gasteiger partial charge in [-0.3, -0.25) is 4.90 Å². The fraction of sp³-hybridized carbons (Fsp3) is 0.471. The van der Waals surface area contributed by atoms with Crippen LogP contribution in [-0.2, 0) is 6.54 Å². The minimum Gasteiger partial charge on any atom is -0.467 e. The minimum atomic E-state index is -0.139. The van der Waals surface area contributed by atoms with Gasteiger partial charge in [-0.15, -0.1) is 11.3 Å². The van der Waals surface area contributed by atoms with Crippen molar-refractivity contribution in [3.05, 3.63) is 46.5 Å². The molecule has 2 N–H and O–H groups in total. The van der Waals surface area contributed by atoms with Crippen LogP contribution >= 0.6 is 11.3 Å². The van der Waals surface area contributed by atoms with E-state index < -0.39 is 0 Å². The SMILES string of the molecule is CN1CCC[C@@H](CNC(=O)NCc2ccco2)[C@H]1c1cccs1. The molecule has 0 bridgehead atoms. The van der Waals surface area contributed by atoms with Crippen molar-refractivity contribution in [1.29, 1.82) is 0 Å². The lowest BCUT2D eigenvalue weighted by Gasteiger charge is -2.38. The van der Waals surface area contributed by atoms with Gasteiger partial charge in [0.1, 0.15) is 5.76 Å². The Morgan fingerprint density at radius 1 is 1.39 bits per heavy atom. The fourth-order valence-electron chi connectivity index (χ4n) is 3.25. The number of piperidine rings is 1. The second-order valence-electron chi connectivity index (χ2n) is 5.99. The smallest absolute Gasteiger partial charge is 0.315 e. The molecule has 6 heteroatoms. The van der Waals surface area contributed by atoms with Crippen LogP contribution in [0.15, 0.2) is 40.3 Å². The Bertz CT molecular complexity index is 597.